The van der Waals surface area contributed by atoms with Crippen molar-refractivity contribution in [3.63, 3.8) is 0 Å². The minimum absolute atomic E-state index is 0.200. The van der Waals surface area contributed by atoms with Gasteiger partial charge < -0.3 is 15.0 Å². The lowest BCUT2D eigenvalue weighted by Crippen LogP contribution is -2.47. The maximum absolute atomic E-state index is 11.6. The van der Waals surface area contributed by atoms with Crippen LogP contribution in [0.15, 0.2) is 59.6 Å². The van der Waals surface area contributed by atoms with E-state index in [9.17, 15) is 8.42 Å². The molecule has 1 heterocycles. The first kappa shape index (κ1) is 22.0. The van der Waals surface area contributed by atoms with Crippen molar-refractivity contribution in [1.82, 2.24) is 10.2 Å². The lowest BCUT2D eigenvalue weighted by molar-refractivity contribution is 0.129. The van der Waals surface area contributed by atoms with Crippen LogP contribution in [-0.2, 0) is 16.6 Å². The van der Waals surface area contributed by atoms with E-state index in [-0.39, 0.29) is 6.10 Å². The molecular formula is C22H30N4O3S. The molecule has 2 N–H and O–H groups in total. The minimum atomic E-state index is -3.34. The number of hydrogen-bond donors (Lipinski definition) is 2. The summed E-state index contributed by atoms with van der Waals surface area (Å²) in [5.74, 6) is 1.75. The molecule has 0 radical (unpaired) electrons. The number of guanidine groups is 1. The maximum atomic E-state index is 11.6. The van der Waals surface area contributed by atoms with Gasteiger partial charge in [-0.05, 0) is 30.7 Å². The normalized spacial score (nSPS) is 15.7. The number of hydrogen-bond acceptors (Lipinski definition) is 4. The zero-order valence-corrected chi connectivity index (χ0v) is 18.4. The van der Waals surface area contributed by atoms with Gasteiger partial charge in [-0.25, -0.2) is 13.4 Å². The second-order valence-corrected chi connectivity index (χ2v) is 9.07. The van der Waals surface area contributed by atoms with Gasteiger partial charge in [0, 0.05) is 32.5 Å². The van der Waals surface area contributed by atoms with Crippen LogP contribution in [0.5, 0.6) is 5.75 Å². The smallest absolute Gasteiger partial charge is 0.229 e. The Kier molecular flexibility index (Phi) is 7.57. The molecule has 2 aromatic carbocycles. The minimum Gasteiger partial charge on any atom is -0.490 e. The molecule has 7 nitrogen and oxygen atoms in total. The van der Waals surface area contributed by atoms with Gasteiger partial charge in [0.05, 0.1) is 18.5 Å². The average molecular weight is 431 g/mol. The van der Waals surface area contributed by atoms with E-state index in [1.54, 1.807) is 6.07 Å². The third-order valence-electron chi connectivity index (χ3n) is 4.83. The highest BCUT2D eigenvalue weighted by molar-refractivity contribution is 7.92. The van der Waals surface area contributed by atoms with Gasteiger partial charge in [0.25, 0.3) is 0 Å². The summed E-state index contributed by atoms with van der Waals surface area (Å²) in [4.78, 5) is 7.00. The number of sulfonamides is 1. The number of para-hydroxylation sites is 2. The quantitative estimate of drug-likeness (QED) is 0.521. The van der Waals surface area contributed by atoms with E-state index in [2.05, 4.69) is 14.9 Å². The van der Waals surface area contributed by atoms with Gasteiger partial charge in [0.1, 0.15) is 11.9 Å². The summed E-state index contributed by atoms with van der Waals surface area (Å²) in [5, 5.41) is 3.35. The van der Waals surface area contributed by atoms with E-state index in [0.717, 1.165) is 56.0 Å². The number of rotatable bonds is 7. The number of aliphatic imine (C=N–C) groups is 1. The SMILES string of the molecule is CCNC(=NCc1ccccc1NS(C)(=O)=O)N1CCC(Oc2ccccc2)CC1. The molecule has 3 rings (SSSR count). The fourth-order valence-corrected chi connectivity index (χ4v) is 4.02. The van der Waals surface area contributed by atoms with Crippen molar-refractivity contribution < 1.29 is 13.2 Å². The van der Waals surface area contributed by atoms with Crippen molar-refractivity contribution in [2.75, 3.05) is 30.6 Å². The average Bonchev–Trinajstić information content (AvgIpc) is 2.72. The van der Waals surface area contributed by atoms with Crippen LogP contribution in [0.25, 0.3) is 0 Å². The van der Waals surface area contributed by atoms with Crippen LogP contribution in [0.3, 0.4) is 0 Å². The zero-order chi connectivity index (χ0) is 21.4. The van der Waals surface area contributed by atoms with Gasteiger partial charge in [0.15, 0.2) is 5.96 Å². The number of anilines is 1. The Bertz CT molecular complexity index is 940. The third-order valence-corrected chi connectivity index (χ3v) is 5.42. The van der Waals surface area contributed by atoms with Gasteiger partial charge in [0.2, 0.25) is 10.0 Å². The first-order chi connectivity index (χ1) is 14.4. The largest absolute Gasteiger partial charge is 0.490 e. The third kappa shape index (κ3) is 6.66. The second-order valence-electron chi connectivity index (χ2n) is 7.32. The van der Waals surface area contributed by atoms with Crippen LogP contribution in [0.1, 0.15) is 25.3 Å². The van der Waals surface area contributed by atoms with Crippen LogP contribution in [0, 0.1) is 0 Å². The van der Waals surface area contributed by atoms with E-state index in [0.29, 0.717) is 12.2 Å². The summed E-state index contributed by atoms with van der Waals surface area (Å²) in [6.07, 6.45) is 3.20. The van der Waals surface area contributed by atoms with Crippen LogP contribution >= 0.6 is 0 Å². The molecule has 0 aliphatic carbocycles. The van der Waals surface area contributed by atoms with Crippen molar-refractivity contribution in [3.8, 4) is 5.75 Å². The van der Waals surface area contributed by atoms with E-state index >= 15 is 0 Å². The molecule has 0 spiro atoms. The Morgan fingerprint density at radius 3 is 2.43 bits per heavy atom. The summed E-state index contributed by atoms with van der Waals surface area (Å²) in [5.41, 5.74) is 1.40. The van der Waals surface area contributed by atoms with Crippen LogP contribution < -0.4 is 14.8 Å². The fraction of sp³-hybridized carbons (Fsp3) is 0.409. The molecule has 0 unspecified atom stereocenters. The topological polar surface area (TPSA) is 83.0 Å². The number of ether oxygens (including phenoxy) is 1. The monoisotopic (exact) mass is 430 g/mol. The Morgan fingerprint density at radius 2 is 1.77 bits per heavy atom. The van der Waals surface area contributed by atoms with Crippen molar-refractivity contribution in [2.45, 2.75) is 32.4 Å². The number of nitrogens with one attached hydrogen (secondary N) is 2. The van der Waals surface area contributed by atoms with E-state index in [4.69, 9.17) is 9.73 Å². The highest BCUT2D eigenvalue weighted by Gasteiger charge is 2.22. The molecule has 30 heavy (non-hydrogen) atoms. The van der Waals surface area contributed by atoms with E-state index in [1.165, 1.54) is 0 Å². The fourth-order valence-electron chi connectivity index (χ4n) is 3.42. The highest BCUT2D eigenvalue weighted by atomic mass is 32.2. The first-order valence-electron chi connectivity index (χ1n) is 10.3. The van der Waals surface area contributed by atoms with Gasteiger partial charge in [-0.15, -0.1) is 0 Å². The molecule has 1 saturated heterocycles. The number of likely N-dealkylation sites (tertiary alicyclic amines) is 1. The standard InChI is InChI=1S/C22H30N4O3S/c1-3-23-22(24-17-18-9-7-8-12-21(18)25-30(2,27)28)26-15-13-20(14-16-26)29-19-10-5-4-6-11-19/h4-12,20,25H,3,13-17H2,1-2H3,(H,23,24). The van der Waals surface area contributed by atoms with Crippen molar-refractivity contribution in [1.29, 1.82) is 0 Å². The predicted octanol–water partition coefficient (Wildman–Crippen LogP) is 3.07. The molecule has 8 heteroatoms. The maximum Gasteiger partial charge on any atom is 0.229 e. The van der Waals surface area contributed by atoms with Crippen molar-refractivity contribution in [2.24, 2.45) is 4.99 Å². The van der Waals surface area contributed by atoms with Crippen LogP contribution in [0.4, 0.5) is 5.69 Å². The molecule has 0 atom stereocenters. The first-order valence-corrected chi connectivity index (χ1v) is 12.1. The number of piperidine rings is 1. The molecule has 0 bridgehead atoms. The van der Waals surface area contributed by atoms with E-state index < -0.39 is 10.0 Å². The highest BCUT2D eigenvalue weighted by Crippen LogP contribution is 2.20. The van der Waals surface area contributed by atoms with E-state index in [1.807, 2.05) is 55.5 Å². The van der Waals surface area contributed by atoms with Gasteiger partial charge in [-0.3, -0.25) is 4.72 Å². The second kappa shape index (κ2) is 10.3. The Morgan fingerprint density at radius 1 is 1.10 bits per heavy atom. The molecule has 1 fully saturated rings. The van der Waals surface area contributed by atoms with Gasteiger partial charge in [-0.1, -0.05) is 36.4 Å². The molecule has 2 aromatic rings. The molecule has 1 aliphatic heterocycles. The Balaban J connectivity index is 1.63. The van der Waals surface area contributed by atoms with Crippen molar-refractivity contribution >= 4 is 21.7 Å². The summed E-state index contributed by atoms with van der Waals surface area (Å²) in [7, 11) is -3.34. The molecule has 162 valence electrons. The lowest BCUT2D eigenvalue weighted by atomic mass is 10.1. The molecule has 0 amide bonds. The van der Waals surface area contributed by atoms with Crippen LogP contribution in [-0.4, -0.2) is 51.3 Å². The summed E-state index contributed by atoms with van der Waals surface area (Å²) in [6.45, 7) is 4.91. The molecule has 0 aromatic heterocycles. The molecule has 1 aliphatic rings. The zero-order valence-electron chi connectivity index (χ0n) is 17.5. The number of nitrogens with zero attached hydrogens (tertiary/aromatic N) is 2. The number of benzene rings is 2. The van der Waals surface area contributed by atoms with Gasteiger partial charge in [-0.2, -0.15) is 0 Å². The Hall–Kier alpha value is -2.74. The summed E-state index contributed by atoms with van der Waals surface area (Å²) >= 11 is 0. The van der Waals surface area contributed by atoms with Crippen LogP contribution in [0.2, 0.25) is 0 Å². The van der Waals surface area contributed by atoms with Crippen molar-refractivity contribution in [3.05, 3.63) is 60.2 Å². The Labute approximate surface area is 179 Å². The summed E-state index contributed by atoms with van der Waals surface area (Å²) < 4.78 is 31.9. The predicted molar refractivity (Wildman–Crippen MR) is 121 cm³/mol. The lowest BCUT2D eigenvalue weighted by Gasteiger charge is -2.34. The molecular weight excluding hydrogens is 400 g/mol. The summed E-state index contributed by atoms with van der Waals surface area (Å²) in [6, 6.07) is 17.3. The molecule has 0 saturated carbocycles. The van der Waals surface area contributed by atoms with Gasteiger partial charge >= 0.3 is 0 Å².